The topological polar surface area (TPSA) is 70.5 Å². The lowest BCUT2D eigenvalue weighted by Gasteiger charge is -2.25. The van der Waals surface area contributed by atoms with Crippen LogP contribution in [0.15, 0.2) is 78.6 Å². The van der Waals surface area contributed by atoms with Crippen LogP contribution < -0.4 is 0 Å². The van der Waals surface area contributed by atoms with Gasteiger partial charge in [0.05, 0.1) is 11.6 Å². The fourth-order valence-electron chi connectivity index (χ4n) is 3.49. The molecule has 0 bridgehead atoms. The lowest BCUT2D eigenvalue weighted by atomic mass is 9.95. The normalized spacial score (nSPS) is 18.1. The number of pyridine rings is 1. The molecule has 3 aromatic rings. The second-order valence-corrected chi connectivity index (χ2v) is 7.72. The first-order valence-corrected chi connectivity index (χ1v) is 9.90. The molecule has 1 aromatic heterocycles. The molecule has 1 fully saturated rings. The van der Waals surface area contributed by atoms with Gasteiger partial charge in [-0.3, -0.25) is 14.6 Å². The Morgan fingerprint density at radius 3 is 2.20 bits per heavy atom. The molecule has 7 heteroatoms. The monoisotopic (exact) mass is 438 g/mol. The Hall–Kier alpha value is -3.15. The maximum atomic E-state index is 13.0. The molecule has 2 aromatic carbocycles. The number of amides is 1. The summed E-state index contributed by atoms with van der Waals surface area (Å²) in [5, 5.41) is 12.0. The fourth-order valence-corrected chi connectivity index (χ4v) is 3.74. The number of aromatic nitrogens is 1. The summed E-state index contributed by atoms with van der Waals surface area (Å²) in [5.74, 6) is -1.68. The van der Waals surface area contributed by atoms with Crippen LogP contribution in [0.2, 0.25) is 10.0 Å². The second-order valence-electron chi connectivity index (χ2n) is 6.85. The predicted octanol–water partition coefficient (Wildman–Crippen LogP) is 5.01. The number of aliphatic hydroxyl groups excluding tert-OH is 1. The number of Topliss-reactive ketones (excluding diaryl/α,β-unsaturated/α-hetero) is 1. The molecule has 30 heavy (non-hydrogen) atoms. The highest BCUT2D eigenvalue weighted by Gasteiger charge is 2.46. The van der Waals surface area contributed by atoms with Gasteiger partial charge < -0.3 is 10.0 Å². The molecule has 1 unspecified atom stereocenters. The molecule has 1 atom stereocenters. The summed E-state index contributed by atoms with van der Waals surface area (Å²) < 4.78 is 0. The van der Waals surface area contributed by atoms with E-state index in [1.165, 1.54) is 4.90 Å². The predicted molar refractivity (Wildman–Crippen MR) is 115 cm³/mol. The van der Waals surface area contributed by atoms with E-state index in [1.54, 1.807) is 67.0 Å². The molecule has 1 saturated heterocycles. The van der Waals surface area contributed by atoms with E-state index in [4.69, 9.17) is 23.2 Å². The van der Waals surface area contributed by atoms with Gasteiger partial charge in [0.15, 0.2) is 0 Å². The quantitative estimate of drug-likeness (QED) is 0.353. The molecular formula is C23H16Cl2N2O3. The number of rotatable bonds is 4. The molecule has 1 aliphatic rings. The van der Waals surface area contributed by atoms with Gasteiger partial charge in [-0.25, -0.2) is 0 Å². The molecule has 1 N–H and O–H groups in total. The second kappa shape index (κ2) is 8.30. The number of carbonyl (C=O) groups is 2. The van der Waals surface area contributed by atoms with Crippen LogP contribution in [0.5, 0.6) is 0 Å². The van der Waals surface area contributed by atoms with Crippen LogP contribution in [0, 0.1) is 0 Å². The maximum Gasteiger partial charge on any atom is 0.295 e. The maximum absolute atomic E-state index is 13.0. The minimum absolute atomic E-state index is 0.0218. The Morgan fingerprint density at radius 2 is 1.60 bits per heavy atom. The Balaban J connectivity index is 1.85. The van der Waals surface area contributed by atoms with Crippen LogP contribution in [0.4, 0.5) is 0 Å². The van der Waals surface area contributed by atoms with Crippen molar-refractivity contribution in [3.63, 3.8) is 0 Å². The number of aliphatic hydroxyl groups is 1. The highest BCUT2D eigenvalue weighted by Crippen LogP contribution is 2.40. The van der Waals surface area contributed by atoms with E-state index in [9.17, 15) is 14.7 Å². The van der Waals surface area contributed by atoms with Crippen molar-refractivity contribution in [3.05, 3.63) is 105 Å². The first-order valence-electron chi connectivity index (χ1n) is 9.14. The van der Waals surface area contributed by atoms with Crippen molar-refractivity contribution >= 4 is 40.7 Å². The standard InChI is InChI=1S/C23H16Cl2N2O3/c24-17-7-3-15(4-8-17)20-19(21(28)16-5-9-18(25)10-6-16)22(29)23(30)27(20)13-14-2-1-11-26-12-14/h1-12,20,28H,13H2. The number of nitrogens with zero attached hydrogens (tertiary/aromatic N) is 2. The largest absolute Gasteiger partial charge is 0.507 e. The van der Waals surface area contributed by atoms with Crippen LogP contribution in [0.3, 0.4) is 0 Å². The van der Waals surface area contributed by atoms with Crippen molar-refractivity contribution in [2.24, 2.45) is 0 Å². The highest BCUT2D eigenvalue weighted by atomic mass is 35.5. The summed E-state index contributed by atoms with van der Waals surface area (Å²) in [5.41, 5.74) is 1.86. The summed E-state index contributed by atoms with van der Waals surface area (Å²) in [6.45, 7) is 0.170. The van der Waals surface area contributed by atoms with Crippen molar-refractivity contribution < 1.29 is 14.7 Å². The van der Waals surface area contributed by atoms with Gasteiger partial charge in [-0.1, -0.05) is 41.4 Å². The zero-order chi connectivity index (χ0) is 21.3. The van der Waals surface area contributed by atoms with Crippen molar-refractivity contribution in [2.45, 2.75) is 12.6 Å². The van der Waals surface area contributed by atoms with Gasteiger partial charge in [-0.2, -0.15) is 0 Å². The molecule has 0 radical (unpaired) electrons. The molecule has 1 amide bonds. The Labute approximate surface area is 183 Å². The number of benzene rings is 2. The van der Waals surface area contributed by atoms with Gasteiger partial charge >= 0.3 is 0 Å². The van der Waals surface area contributed by atoms with E-state index in [0.29, 0.717) is 21.2 Å². The van der Waals surface area contributed by atoms with Gasteiger partial charge in [-0.05, 0) is 53.6 Å². The van der Waals surface area contributed by atoms with E-state index in [0.717, 1.165) is 5.56 Å². The van der Waals surface area contributed by atoms with Crippen molar-refractivity contribution in [3.8, 4) is 0 Å². The van der Waals surface area contributed by atoms with Gasteiger partial charge in [0.1, 0.15) is 5.76 Å². The highest BCUT2D eigenvalue weighted by molar-refractivity contribution is 6.46. The Bertz CT molecular complexity index is 1130. The molecular weight excluding hydrogens is 423 g/mol. The van der Waals surface area contributed by atoms with Crippen LogP contribution in [-0.2, 0) is 16.1 Å². The van der Waals surface area contributed by atoms with Crippen LogP contribution in [-0.4, -0.2) is 26.7 Å². The summed E-state index contributed by atoms with van der Waals surface area (Å²) in [4.78, 5) is 31.4. The number of hydrogen-bond acceptors (Lipinski definition) is 4. The minimum atomic E-state index is -0.766. The zero-order valence-corrected chi connectivity index (χ0v) is 17.1. The third kappa shape index (κ3) is 3.82. The number of halogens is 2. The lowest BCUT2D eigenvalue weighted by Crippen LogP contribution is -2.29. The van der Waals surface area contributed by atoms with E-state index >= 15 is 0 Å². The lowest BCUT2D eigenvalue weighted by molar-refractivity contribution is -0.140. The Morgan fingerprint density at radius 1 is 0.967 bits per heavy atom. The molecule has 1 aliphatic heterocycles. The van der Waals surface area contributed by atoms with E-state index in [2.05, 4.69) is 4.98 Å². The summed E-state index contributed by atoms with van der Waals surface area (Å²) in [6.07, 6.45) is 3.27. The number of carbonyl (C=O) groups excluding carboxylic acids is 2. The molecule has 4 rings (SSSR count). The average Bonchev–Trinajstić information content (AvgIpc) is 3.00. The summed E-state index contributed by atoms with van der Waals surface area (Å²) in [7, 11) is 0. The molecule has 5 nitrogen and oxygen atoms in total. The SMILES string of the molecule is O=C1C(=O)N(Cc2cccnc2)C(c2ccc(Cl)cc2)C1=C(O)c1ccc(Cl)cc1. The fraction of sp³-hybridized carbons (Fsp3) is 0.0870. The minimum Gasteiger partial charge on any atom is -0.507 e. The molecule has 0 spiro atoms. The van der Waals surface area contributed by atoms with Crippen molar-refractivity contribution in [1.29, 1.82) is 0 Å². The molecule has 150 valence electrons. The van der Waals surface area contributed by atoms with E-state index in [-0.39, 0.29) is 17.9 Å². The van der Waals surface area contributed by atoms with E-state index < -0.39 is 17.7 Å². The first-order chi connectivity index (χ1) is 14.5. The third-order valence-electron chi connectivity index (χ3n) is 4.92. The van der Waals surface area contributed by atoms with Gasteiger partial charge in [0.25, 0.3) is 11.7 Å². The van der Waals surface area contributed by atoms with Gasteiger partial charge in [0.2, 0.25) is 0 Å². The van der Waals surface area contributed by atoms with Gasteiger partial charge in [0, 0.05) is 34.5 Å². The number of hydrogen-bond donors (Lipinski definition) is 1. The van der Waals surface area contributed by atoms with Crippen molar-refractivity contribution in [1.82, 2.24) is 9.88 Å². The number of likely N-dealkylation sites (tertiary alicyclic amines) is 1. The molecule has 0 aliphatic carbocycles. The van der Waals surface area contributed by atoms with E-state index in [1.807, 2.05) is 6.07 Å². The van der Waals surface area contributed by atoms with Gasteiger partial charge in [-0.15, -0.1) is 0 Å². The summed E-state index contributed by atoms with van der Waals surface area (Å²) >= 11 is 12.0. The smallest absolute Gasteiger partial charge is 0.295 e. The third-order valence-corrected chi connectivity index (χ3v) is 5.42. The average molecular weight is 439 g/mol. The van der Waals surface area contributed by atoms with Crippen LogP contribution in [0.1, 0.15) is 22.7 Å². The number of ketones is 1. The molecule has 0 saturated carbocycles. The van der Waals surface area contributed by atoms with Crippen LogP contribution >= 0.6 is 23.2 Å². The van der Waals surface area contributed by atoms with Crippen molar-refractivity contribution in [2.75, 3.05) is 0 Å². The summed E-state index contributed by atoms with van der Waals surface area (Å²) in [6, 6.07) is 16.1. The molecule has 2 heterocycles. The first kappa shape index (κ1) is 20.1. The zero-order valence-electron chi connectivity index (χ0n) is 15.6. The Kier molecular flexibility index (Phi) is 5.57. The van der Waals surface area contributed by atoms with Crippen LogP contribution in [0.25, 0.3) is 5.76 Å².